The fourth-order valence-electron chi connectivity index (χ4n) is 2.30. The van der Waals surface area contributed by atoms with E-state index in [1.165, 1.54) is 50.1 Å². The predicted octanol–water partition coefficient (Wildman–Crippen LogP) is 3.24. The molecule has 0 amide bonds. The summed E-state index contributed by atoms with van der Waals surface area (Å²) in [6.45, 7) is 4.68. The highest BCUT2D eigenvalue weighted by atomic mass is 32.1. The van der Waals surface area contributed by atoms with Crippen LogP contribution in [0.2, 0.25) is 0 Å². The third-order valence-corrected chi connectivity index (χ3v) is 4.50. The first-order valence-corrected chi connectivity index (χ1v) is 6.98. The van der Waals surface area contributed by atoms with E-state index in [4.69, 9.17) is 0 Å². The van der Waals surface area contributed by atoms with Gasteiger partial charge >= 0.3 is 0 Å². The summed E-state index contributed by atoms with van der Waals surface area (Å²) < 4.78 is 0. The molecule has 1 fully saturated rings. The van der Waals surface area contributed by atoms with E-state index in [2.05, 4.69) is 24.4 Å². The summed E-state index contributed by atoms with van der Waals surface area (Å²) in [7, 11) is 0. The Kier molecular flexibility index (Phi) is 4.21. The van der Waals surface area contributed by atoms with E-state index in [1.54, 1.807) is 4.88 Å². The first-order chi connectivity index (χ1) is 7.38. The molecule has 1 atom stereocenters. The second kappa shape index (κ2) is 5.66. The number of aryl methyl sites for hydroxylation is 1. The van der Waals surface area contributed by atoms with E-state index in [-0.39, 0.29) is 0 Å². The lowest BCUT2D eigenvalue weighted by Crippen LogP contribution is -2.14. The van der Waals surface area contributed by atoms with Gasteiger partial charge in [0.2, 0.25) is 0 Å². The highest BCUT2D eigenvalue weighted by Crippen LogP contribution is 2.24. The molecule has 15 heavy (non-hydrogen) atoms. The molecule has 0 bridgehead atoms. The van der Waals surface area contributed by atoms with Gasteiger partial charge in [-0.25, -0.2) is 0 Å². The monoisotopic (exact) mass is 223 g/mol. The van der Waals surface area contributed by atoms with E-state index < -0.39 is 0 Å². The second-order valence-corrected chi connectivity index (χ2v) is 5.73. The Balaban J connectivity index is 1.89. The molecule has 1 aromatic rings. The zero-order chi connectivity index (χ0) is 10.5. The first kappa shape index (κ1) is 11.2. The van der Waals surface area contributed by atoms with Crippen LogP contribution >= 0.6 is 11.3 Å². The Hall–Kier alpha value is -0.340. The lowest BCUT2D eigenvalue weighted by molar-refractivity contribution is 0.473. The van der Waals surface area contributed by atoms with E-state index in [0.29, 0.717) is 0 Å². The molecule has 0 aromatic carbocycles. The van der Waals surface area contributed by atoms with Crippen LogP contribution in [0, 0.1) is 5.92 Å². The zero-order valence-corrected chi connectivity index (χ0v) is 10.4. The topological polar surface area (TPSA) is 12.0 Å². The van der Waals surface area contributed by atoms with E-state index in [9.17, 15) is 0 Å². The Labute approximate surface area is 96.9 Å². The molecule has 1 saturated heterocycles. The van der Waals surface area contributed by atoms with Crippen LogP contribution in [0.4, 0.5) is 0 Å². The molecule has 0 spiro atoms. The van der Waals surface area contributed by atoms with Crippen molar-refractivity contribution in [3.05, 3.63) is 21.9 Å². The van der Waals surface area contributed by atoms with Crippen LogP contribution in [-0.2, 0) is 12.8 Å². The summed E-state index contributed by atoms with van der Waals surface area (Å²) in [5.74, 6) is 0.920. The van der Waals surface area contributed by atoms with E-state index >= 15 is 0 Å². The van der Waals surface area contributed by atoms with Crippen LogP contribution in [0.25, 0.3) is 0 Å². The van der Waals surface area contributed by atoms with E-state index in [1.807, 2.05) is 11.3 Å². The third kappa shape index (κ3) is 3.32. The van der Waals surface area contributed by atoms with Gasteiger partial charge in [0.05, 0.1) is 0 Å². The number of nitrogens with one attached hydrogen (secondary N) is 1. The normalized spacial score (nSPS) is 22.6. The van der Waals surface area contributed by atoms with Gasteiger partial charge in [-0.2, -0.15) is 0 Å². The largest absolute Gasteiger partial charge is 0.317 e. The Bertz CT molecular complexity index is 284. The second-order valence-electron chi connectivity index (χ2n) is 4.47. The van der Waals surface area contributed by atoms with Gasteiger partial charge in [0.1, 0.15) is 0 Å². The third-order valence-electron chi connectivity index (χ3n) is 3.25. The summed E-state index contributed by atoms with van der Waals surface area (Å²) in [6, 6.07) is 4.64. The molecule has 0 saturated carbocycles. The van der Waals surface area contributed by atoms with Gasteiger partial charge < -0.3 is 5.32 Å². The van der Waals surface area contributed by atoms with Crippen molar-refractivity contribution in [2.24, 2.45) is 5.92 Å². The quantitative estimate of drug-likeness (QED) is 0.829. The van der Waals surface area contributed by atoms with Crippen LogP contribution < -0.4 is 5.32 Å². The number of rotatable bonds is 3. The van der Waals surface area contributed by atoms with Gasteiger partial charge in [0.25, 0.3) is 0 Å². The van der Waals surface area contributed by atoms with Crippen molar-refractivity contribution in [1.29, 1.82) is 0 Å². The predicted molar refractivity (Wildman–Crippen MR) is 67.6 cm³/mol. The number of hydrogen-bond donors (Lipinski definition) is 1. The Morgan fingerprint density at radius 3 is 2.93 bits per heavy atom. The molecule has 84 valence electrons. The lowest BCUT2D eigenvalue weighted by Gasteiger charge is -2.11. The number of hydrogen-bond acceptors (Lipinski definition) is 2. The van der Waals surface area contributed by atoms with Crippen molar-refractivity contribution in [2.75, 3.05) is 13.1 Å². The molecular formula is C13H21NS. The molecule has 1 aliphatic heterocycles. The average molecular weight is 223 g/mol. The van der Waals surface area contributed by atoms with Crippen molar-refractivity contribution in [1.82, 2.24) is 5.32 Å². The van der Waals surface area contributed by atoms with Crippen LogP contribution in [0.1, 0.15) is 35.9 Å². The number of thiophene rings is 1. The minimum absolute atomic E-state index is 0.920. The molecule has 2 rings (SSSR count). The molecule has 1 N–H and O–H groups in total. The summed E-state index contributed by atoms with van der Waals surface area (Å²) in [6.07, 6.45) is 6.63. The van der Waals surface area contributed by atoms with Gasteiger partial charge in [-0.05, 0) is 63.2 Å². The zero-order valence-electron chi connectivity index (χ0n) is 9.59. The van der Waals surface area contributed by atoms with Crippen LogP contribution in [0.15, 0.2) is 12.1 Å². The SMILES string of the molecule is CCc1ccc(CC2CCCNCC2)s1. The van der Waals surface area contributed by atoms with Crippen LogP contribution in [-0.4, -0.2) is 13.1 Å². The van der Waals surface area contributed by atoms with Crippen molar-refractivity contribution in [3.63, 3.8) is 0 Å². The average Bonchev–Trinajstić information content (AvgIpc) is 2.54. The summed E-state index contributed by atoms with van der Waals surface area (Å²) in [5, 5.41) is 3.48. The molecule has 1 aliphatic rings. The molecule has 2 heteroatoms. The summed E-state index contributed by atoms with van der Waals surface area (Å²) >= 11 is 2.01. The molecule has 0 radical (unpaired) electrons. The van der Waals surface area contributed by atoms with Gasteiger partial charge in [-0.3, -0.25) is 0 Å². The van der Waals surface area contributed by atoms with Gasteiger partial charge in [-0.15, -0.1) is 11.3 Å². The lowest BCUT2D eigenvalue weighted by atomic mass is 9.96. The smallest absolute Gasteiger partial charge is 0.00509 e. The molecule has 1 unspecified atom stereocenters. The maximum atomic E-state index is 3.48. The summed E-state index contributed by atoms with van der Waals surface area (Å²) in [5.41, 5.74) is 0. The van der Waals surface area contributed by atoms with Gasteiger partial charge in [0.15, 0.2) is 0 Å². The van der Waals surface area contributed by atoms with Gasteiger partial charge in [-0.1, -0.05) is 6.92 Å². The molecule has 1 aromatic heterocycles. The van der Waals surface area contributed by atoms with Crippen LogP contribution in [0.5, 0.6) is 0 Å². The minimum atomic E-state index is 0.920. The Morgan fingerprint density at radius 1 is 1.27 bits per heavy atom. The van der Waals surface area contributed by atoms with Crippen molar-refractivity contribution in [3.8, 4) is 0 Å². The molecular weight excluding hydrogens is 202 g/mol. The molecule has 1 nitrogen and oxygen atoms in total. The first-order valence-electron chi connectivity index (χ1n) is 6.16. The van der Waals surface area contributed by atoms with E-state index in [0.717, 1.165) is 5.92 Å². The molecule has 2 heterocycles. The molecule has 0 aliphatic carbocycles. The standard InChI is InChI=1S/C13H21NS/c1-2-12-5-6-13(15-12)10-11-4-3-8-14-9-7-11/h5-6,11,14H,2-4,7-10H2,1H3. The Morgan fingerprint density at radius 2 is 2.13 bits per heavy atom. The highest BCUT2D eigenvalue weighted by Gasteiger charge is 2.13. The minimum Gasteiger partial charge on any atom is -0.317 e. The summed E-state index contributed by atoms with van der Waals surface area (Å²) in [4.78, 5) is 3.13. The maximum absolute atomic E-state index is 3.48. The van der Waals surface area contributed by atoms with Crippen molar-refractivity contribution < 1.29 is 0 Å². The fourth-order valence-corrected chi connectivity index (χ4v) is 3.37. The van der Waals surface area contributed by atoms with Gasteiger partial charge in [0, 0.05) is 9.75 Å². The maximum Gasteiger partial charge on any atom is 0.00509 e. The van der Waals surface area contributed by atoms with Crippen LogP contribution in [0.3, 0.4) is 0 Å². The van der Waals surface area contributed by atoms with Crippen molar-refractivity contribution in [2.45, 2.75) is 39.0 Å². The highest BCUT2D eigenvalue weighted by molar-refractivity contribution is 7.11. The fraction of sp³-hybridized carbons (Fsp3) is 0.692. The van der Waals surface area contributed by atoms with Crippen molar-refractivity contribution >= 4 is 11.3 Å².